The van der Waals surface area contributed by atoms with Crippen LogP contribution in [-0.2, 0) is 22.8 Å². The Labute approximate surface area is 188 Å². The second-order valence-corrected chi connectivity index (χ2v) is 9.87. The Kier molecular flexibility index (Phi) is 6.38. The van der Waals surface area contributed by atoms with Crippen molar-refractivity contribution in [1.29, 1.82) is 0 Å². The summed E-state index contributed by atoms with van der Waals surface area (Å²) in [6, 6.07) is 14.3. The monoisotopic (exact) mass is 453 g/mol. The molecule has 1 aliphatic rings. The Hall–Kier alpha value is -3.04. The Bertz CT molecular complexity index is 1230. The summed E-state index contributed by atoms with van der Waals surface area (Å²) in [6.45, 7) is 3.43. The molecule has 0 amide bonds. The van der Waals surface area contributed by atoms with Gasteiger partial charge < -0.3 is 4.90 Å². The van der Waals surface area contributed by atoms with Crippen LogP contribution in [0.1, 0.15) is 18.9 Å². The standard InChI is InChI=1S/C23H27N5O3S/c1-3-28(23-25-21(15-22(29)26(23)2)19-9-12-24-13-10-19)20-11-14-27(16-20)32(30,31)17-18-7-5-4-6-8-18/h4-10,12-13,15,20H,3,11,14,16-17H2,1-2H3. The fourth-order valence-electron chi connectivity index (χ4n) is 4.11. The number of rotatable bonds is 7. The maximum Gasteiger partial charge on any atom is 0.255 e. The van der Waals surface area contributed by atoms with Crippen LogP contribution in [0.3, 0.4) is 0 Å². The van der Waals surface area contributed by atoms with Crippen LogP contribution < -0.4 is 10.5 Å². The molecular weight excluding hydrogens is 426 g/mol. The molecule has 32 heavy (non-hydrogen) atoms. The number of benzene rings is 1. The predicted octanol–water partition coefficient (Wildman–Crippen LogP) is 2.27. The predicted molar refractivity (Wildman–Crippen MR) is 125 cm³/mol. The summed E-state index contributed by atoms with van der Waals surface area (Å²) in [5.74, 6) is 0.528. The Morgan fingerprint density at radius 2 is 1.84 bits per heavy atom. The molecule has 0 N–H and O–H groups in total. The first kappa shape index (κ1) is 22.2. The SMILES string of the molecule is CCN(c1nc(-c2ccncc2)cc(=O)n1C)C1CCN(S(=O)(=O)Cc2ccccc2)C1. The molecule has 0 bridgehead atoms. The molecule has 168 valence electrons. The van der Waals surface area contributed by atoms with E-state index in [1.54, 1.807) is 23.7 Å². The van der Waals surface area contributed by atoms with Crippen LogP contribution in [0.2, 0.25) is 0 Å². The van der Waals surface area contributed by atoms with Crippen molar-refractivity contribution in [3.05, 3.63) is 76.8 Å². The van der Waals surface area contributed by atoms with Crippen molar-refractivity contribution < 1.29 is 8.42 Å². The minimum atomic E-state index is -3.43. The smallest absolute Gasteiger partial charge is 0.255 e. The van der Waals surface area contributed by atoms with Gasteiger partial charge in [0.25, 0.3) is 5.56 Å². The van der Waals surface area contributed by atoms with E-state index < -0.39 is 10.0 Å². The number of aromatic nitrogens is 3. The maximum atomic E-state index is 13.0. The molecule has 1 unspecified atom stereocenters. The van der Waals surface area contributed by atoms with Crippen LogP contribution in [0.4, 0.5) is 5.95 Å². The zero-order chi connectivity index (χ0) is 22.7. The second kappa shape index (κ2) is 9.22. The minimum absolute atomic E-state index is 0.0129. The van der Waals surface area contributed by atoms with Gasteiger partial charge in [-0.05, 0) is 31.0 Å². The largest absolute Gasteiger partial charge is 0.338 e. The topological polar surface area (TPSA) is 88.4 Å². The summed E-state index contributed by atoms with van der Waals surface area (Å²) < 4.78 is 29.0. The van der Waals surface area contributed by atoms with Crippen molar-refractivity contribution in [3.8, 4) is 11.3 Å². The van der Waals surface area contributed by atoms with Gasteiger partial charge in [0.1, 0.15) is 0 Å². The lowest BCUT2D eigenvalue weighted by molar-refractivity contribution is 0.466. The van der Waals surface area contributed by atoms with Gasteiger partial charge in [0.15, 0.2) is 0 Å². The van der Waals surface area contributed by atoms with Crippen molar-refractivity contribution >= 4 is 16.0 Å². The lowest BCUT2D eigenvalue weighted by Gasteiger charge is -2.30. The zero-order valence-electron chi connectivity index (χ0n) is 18.3. The van der Waals surface area contributed by atoms with Crippen molar-refractivity contribution in [3.63, 3.8) is 0 Å². The number of nitrogens with zero attached hydrogens (tertiary/aromatic N) is 5. The third-order valence-corrected chi connectivity index (χ3v) is 7.65. The van der Waals surface area contributed by atoms with Crippen LogP contribution >= 0.6 is 0 Å². The molecule has 3 heterocycles. The molecule has 0 saturated carbocycles. The molecule has 0 spiro atoms. The first-order valence-electron chi connectivity index (χ1n) is 10.7. The molecule has 1 aliphatic heterocycles. The summed E-state index contributed by atoms with van der Waals surface area (Å²) in [4.78, 5) is 23.5. The minimum Gasteiger partial charge on any atom is -0.338 e. The number of sulfonamides is 1. The van der Waals surface area contributed by atoms with E-state index in [0.717, 1.165) is 11.1 Å². The molecule has 2 aromatic heterocycles. The number of hydrogen-bond donors (Lipinski definition) is 0. The van der Waals surface area contributed by atoms with Crippen molar-refractivity contribution in [2.24, 2.45) is 7.05 Å². The lowest BCUT2D eigenvalue weighted by atomic mass is 10.2. The van der Waals surface area contributed by atoms with Gasteiger partial charge in [-0.2, -0.15) is 4.31 Å². The van der Waals surface area contributed by atoms with E-state index in [1.807, 2.05) is 54.3 Å². The van der Waals surface area contributed by atoms with Gasteiger partial charge in [0.2, 0.25) is 16.0 Å². The van der Waals surface area contributed by atoms with Gasteiger partial charge in [0, 0.05) is 56.7 Å². The zero-order valence-corrected chi connectivity index (χ0v) is 19.1. The van der Waals surface area contributed by atoms with Crippen LogP contribution in [0.15, 0.2) is 65.7 Å². The highest BCUT2D eigenvalue weighted by atomic mass is 32.2. The van der Waals surface area contributed by atoms with E-state index in [1.165, 1.54) is 10.6 Å². The van der Waals surface area contributed by atoms with Crippen LogP contribution in [0.25, 0.3) is 11.3 Å². The Morgan fingerprint density at radius 3 is 2.53 bits per heavy atom. The van der Waals surface area contributed by atoms with E-state index in [2.05, 4.69) is 4.98 Å². The Balaban J connectivity index is 1.59. The number of hydrogen-bond acceptors (Lipinski definition) is 6. The number of pyridine rings is 1. The average molecular weight is 454 g/mol. The van der Waals surface area contributed by atoms with Crippen LogP contribution in [0, 0.1) is 0 Å². The van der Waals surface area contributed by atoms with Crippen LogP contribution in [0.5, 0.6) is 0 Å². The summed E-state index contributed by atoms with van der Waals surface area (Å²) in [6.07, 6.45) is 4.01. The third kappa shape index (κ3) is 4.58. The molecule has 1 aromatic carbocycles. The molecule has 0 radical (unpaired) electrons. The van der Waals surface area contributed by atoms with E-state index in [0.29, 0.717) is 37.7 Å². The quantitative estimate of drug-likeness (QED) is 0.545. The molecule has 1 fully saturated rings. The number of anilines is 1. The van der Waals surface area contributed by atoms with E-state index in [9.17, 15) is 13.2 Å². The molecule has 9 heteroatoms. The summed E-state index contributed by atoms with van der Waals surface area (Å²) in [5, 5.41) is 0. The molecule has 0 aliphatic carbocycles. The lowest BCUT2D eigenvalue weighted by Crippen LogP contribution is -2.42. The first-order valence-corrected chi connectivity index (χ1v) is 12.3. The van der Waals surface area contributed by atoms with Gasteiger partial charge in [-0.3, -0.25) is 14.3 Å². The fraction of sp³-hybridized carbons (Fsp3) is 0.348. The molecule has 1 saturated heterocycles. The van der Waals surface area contributed by atoms with E-state index in [-0.39, 0.29) is 17.4 Å². The average Bonchev–Trinajstić information content (AvgIpc) is 3.29. The van der Waals surface area contributed by atoms with Gasteiger partial charge in [-0.1, -0.05) is 30.3 Å². The van der Waals surface area contributed by atoms with E-state index in [4.69, 9.17) is 4.98 Å². The van der Waals surface area contributed by atoms with Crippen molar-refractivity contribution in [2.45, 2.75) is 25.1 Å². The highest BCUT2D eigenvalue weighted by Gasteiger charge is 2.35. The number of likely N-dealkylation sites (N-methyl/N-ethyl adjacent to an activating group) is 1. The summed E-state index contributed by atoms with van der Waals surface area (Å²) in [5.41, 5.74) is 2.01. The van der Waals surface area contributed by atoms with Gasteiger partial charge in [0.05, 0.1) is 11.4 Å². The summed E-state index contributed by atoms with van der Waals surface area (Å²) >= 11 is 0. The fourth-order valence-corrected chi connectivity index (χ4v) is 5.69. The van der Waals surface area contributed by atoms with Gasteiger partial charge in [-0.15, -0.1) is 0 Å². The normalized spacial score (nSPS) is 16.9. The first-order chi connectivity index (χ1) is 15.4. The highest BCUT2D eigenvalue weighted by Crippen LogP contribution is 2.25. The molecule has 1 atom stereocenters. The molecular formula is C23H27N5O3S. The molecule has 4 rings (SSSR count). The summed E-state index contributed by atoms with van der Waals surface area (Å²) in [7, 11) is -1.73. The molecule has 8 nitrogen and oxygen atoms in total. The van der Waals surface area contributed by atoms with Crippen LogP contribution in [-0.4, -0.2) is 52.9 Å². The second-order valence-electron chi connectivity index (χ2n) is 7.90. The molecule has 3 aromatic rings. The van der Waals surface area contributed by atoms with Crippen molar-refractivity contribution in [2.75, 3.05) is 24.5 Å². The van der Waals surface area contributed by atoms with Gasteiger partial charge >= 0.3 is 0 Å². The highest BCUT2D eigenvalue weighted by molar-refractivity contribution is 7.88. The van der Waals surface area contributed by atoms with Crippen molar-refractivity contribution in [1.82, 2.24) is 18.8 Å². The van der Waals surface area contributed by atoms with Gasteiger partial charge in [-0.25, -0.2) is 13.4 Å². The maximum absolute atomic E-state index is 13.0. The van der Waals surface area contributed by atoms with E-state index >= 15 is 0 Å². The third-order valence-electron chi connectivity index (χ3n) is 5.84. The Morgan fingerprint density at radius 1 is 1.12 bits per heavy atom.